The maximum atomic E-state index is 13.2. The summed E-state index contributed by atoms with van der Waals surface area (Å²) in [6.45, 7) is 1.91. The quantitative estimate of drug-likeness (QED) is 0.265. The van der Waals surface area contributed by atoms with E-state index in [2.05, 4.69) is 15.2 Å². The van der Waals surface area contributed by atoms with Gasteiger partial charge in [-0.1, -0.05) is 11.8 Å². The lowest BCUT2D eigenvalue weighted by Crippen LogP contribution is -2.02. The molecule has 0 aliphatic carbocycles. The van der Waals surface area contributed by atoms with Crippen molar-refractivity contribution in [1.29, 1.82) is 0 Å². The third-order valence-corrected chi connectivity index (χ3v) is 6.67. The highest BCUT2D eigenvalue weighted by molar-refractivity contribution is 7.99. The number of Topliss-reactive ketones (excluding diaryl/α,β-unsaturated/α-hetero) is 1. The Morgan fingerprint density at radius 3 is 2.42 bits per heavy atom. The zero-order chi connectivity index (χ0) is 21.8. The summed E-state index contributed by atoms with van der Waals surface area (Å²) in [6, 6.07) is 17.0. The average molecular weight is 452 g/mol. The van der Waals surface area contributed by atoms with Crippen molar-refractivity contribution < 1.29 is 13.9 Å². The topological polar surface area (TPSA) is 65.0 Å². The van der Waals surface area contributed by atoms with Crippen LogP contribution < -0.4 is 4.74 Å². The Morgan fingerprint density at radius 2 is 1.77 bits per heavy atom. The third kappa shape index (κ3) is 4.98. The number of ether oxygens (including phenoxy) is 1. The second kappa shape index (κ2) is 9.36. The number of methoxy groups -OCH3 is 1. The minimum Gasteiger partial charge on any atom is -0.497 e. The number of hydrogen-bond donors (Lipinski definition) is 0. The largest absolute Gasteiger partial charge is 0.497 e. The van der Waals surface area contributed by atoms with Crippen LogP contribution in [0.5, 0.6) is 5.75 Å². The molecule has 4 rings (SSSR count). The van der Waals surface area contributed by atoms with Gasteiger partial charge in [-0.05, 0) is 67.6 Å². The molecule has 2 aromatic heterocycles. The van der Waals surface area contributed by atoms with Crippen LogP contribution in [0.2, 0.25) is 0 Å². The summed E-state index contributed by atoms with van der Waals surface area (Å²) in [5.74, 6) is 0.725. The first kappa shape index (κ1) is 21.1. The van der Waals surface area contributed by atoms with E-state index in [1.54, 1.807) is 43.5 Å². The average Bonchev–Trinajstić information content (AvgIpc) is 3.20. The molecular weight excluding hydrogens is 433 g/mol. The van der Waals surface area contributed by atoms with Gasteiger partial charge in [-0.15, -0.1) is 21.5 Å². The van der Waals surface area contributed by atoms with Crippen molar-refractivity contribution in [2.45, 2.75) is 11.9 Å². The minimum atomic E-state index is -0.276. The number of rotatable bonds is 7. The highest BCUT2D eigenvalue weighted by atomic mass is 32.2. The maximum Gasteiger partial charge on any atom is 0.173 e. The summed E-state index contributed by atoms with van der Waals surface area (Å²) in [4.78, 5) is 17.9. The highest BCUT2D eigenvalue weighted by Gasteiger charge is 2.14. The van der Waals surface area contributed by atoms with E-state index >= 15 is 0 Å². The first-order valence-corrected chi connectivity index (χ1v) is 11.2. The summed E-state index contributed by atoms with van der Waals surface area (Å²) in [5, 5.41) is 10.0. The number of nitrogens with zero attached hydrogens (tertiary/aromatic N) is 3. The van der Waals surface area contributed by atoms with Crippen LogP contribution in [0.1, 0.15) is 16.1 Å². The number of thiazole rings is 1. The molecule has 0 N–H and O–H groups in total. The Kier molecular flexibility index (Phi) is 6.39. The molecule has 0 atom stereocenters. The molecule has 0 aliphatic rings. The van der Waals surface area contributed by atoms with Crippen LogP contribution in [-0.2, 0) is 0 Å². The van der Waals surface area contributed by atoms with Gasteiger partial charge in [-0.25, -0.2) is 9.37 Å². The molecule has 0 fully saturated rings. The Hall–Kier alpha value is -3.10. The van der Waals surface area contributed by atoms with Crippen LogP contribution >= 0.6 is 23.1 Å². The molecule has 0 radical (unpaired) electrons. The number of benzene rings is 2. The lowest BCUT2D eigenvalue weighted by molar-refractivity contribution is 0.102. The number of carbonyl (C=O) groups is 1. The molecule has 0 amide bonds. The van der Waals surface area contributed by atoms with Crippen LogP contribution in [0, 0.1) is 12.7 Å². The second-order valence-corrected chi connectivity index (χ2v) is 8.63. The number of thioether (sulfide) groups is 1. The summed E-state index contributed by atoms with van der Waals surface area (Å²) in [5.41, 5.74) is 3.05. The van der Waals surface area contributed by atoms with E-state index < -0.39 is 0 Å². The molecule has 0 aliphatic heterocycles. The first-order chi connectivity index (χ1) is 15.0. The number of halogens is 1. The number of aryl methyl sites for hydroxylation is 1. The zero-order valence-electron chi connectivity index (χ0n) is 16.8. The fourth-order valence-corrected chi connectivity index (χ4v) is 4.61. The van der Waals surface area contributed by atoms with Crippen LogP contribution in [0.15, 0.2) is 65.7 Å². The van der Waals surface area contributed by atoms with Crippen LogP contribution in [0.25, 0.3) is 21.1 Å². The molecule has 2 heterocycles. The predicted molar refractivity (Wildman–Crippen MR) is 121 cm³/mol. The van der Waals surface area contributed by atoms with Gasteiger partial charge in [-0.3, -0.25) is 4.79 Å². The fraction of sp³-hybridized carbons (Fsp3) is 0.130. The van der Waals surface area contributed by atoms with E-state index in [0.717, 1.165) is 21.1 Å². The Balaban J connectivity index is 1.43. The molecule has 4 aromatic rings. The lowest BCUT2D eigenvalue weighted by Gasteiger charge is -2.03. The van der Waals surface area contributed by atoms with Crippen molar-refractivity contribution in [3.8, 4) is 26.9 Å². The smallest absolute Gasteiger partial charge is 0.173 e. The van der Waals surface area contributed by atoms with Gasteiger partial charge in [0.2, 0.25) is 0 Å². The number of hydrogen-bond acceptors (Lipinski definition) is 7. The molecule has 2 aromatic carbocycles. The Bertz CT molecular complexity index is 1190. The number of carbonyl (C=O) groups excluding carboxylic acids is 1. The van der Waals surface area contributed by atoms with Gasteiger partial charge in [0.05, 0.1) is 23.4 Å². The van der Waals surface area contributed by atoms with Gasteiger partial charge in [0.25, 0.3) is 0 Å². The molecule has 8 heteroatoms. The van der Waals surface area contributed by atoms with Gasteiger partial charge < -0.3 is 4.74 Å². The fourth-order valence-electron chi connectivity index (χ4n) is 2.87. The maximum absolute atomic E-state index is 13.2. The molecular formula is C23H18FN3O2S2. The standard InChI is InChI=1S/C23H18FN3O2S2/c1-14-22(31-23(25-14)16-3-7-17(24)8-4-16)19-11-12-21(27-26-19)30-13-20(28)15-5-9-18(29-2)10-6-15/h3-12H,13H2,1-2H3. The van der Waals surface area contributed by atoms with E-state index in [1.807, 2.05) is 19.1 Å². The van der Waals surface area contributed by atoms with Crippen molar-refractivity contribution in [3.05, 3.63) is 77.7 Å². The monoisotopic (exact) mass is 451 g/mol. The zero-order valence-corrected chi connectivity index (χ0v) is 18.5. The number of ketones is 1. The van der Waals surface area contributed by atoms with Crippen LogP contribution in [0.4, 0.5) is 4.39 Å². The van der Waals surface area contributed by atoms with Gasteiger partial charge in [0.1, 0.15) is 27.3 Å². The van der Waals surface area contributed by atoms with Crippen molar-refractivity contribution >= 4 is 28.9 Å². The van der Waals surface area contributed by atoms with E-state index in [0.29, 0.717) is 22.0 Å². The molecule has 31 heavy (non-hydrogen) atoms. The van der Waals surface area contributed by atoms with Crippen molar-refractivity contribution in [2.24, 2.45) is 0 Å². The van der Waals surface area contributed by atoms with Gasteiger partial charge >= 0.3 is 0 Å². The minimum absolute atomic E-state index is 0.0146. The molecule has 0 spiro atoms. The third-order valence-electron chi connectivity index (χ3n) is 4.52. The Morgan fingerprint density at radius 1 is 1.03 bits per heavy atom. The van der Waals surface area contributed by atoms with E-state index in [9.17, 15) is 9.18 Å². The van der Waals surface area contributed by atoms with Crippen molar-refractivity contribution in [3.63, 3.8) is 0 Å². The van der Waals surface area contributed by atoms with Gasteiger partial charge in [0.15, 0.2) is 5.78 Å². The number of aromatic nitrogens is 3. The molecule has 0 saturated heterocycles. The molecule has 0 saturated carbocycles. The normalized spacial score (nSPS) is 10.8. The van der Waals surface area contributed by atoms with E-state index in [1.165, 1.54) is 35.2 Å². The summed E-state index contributed by atoms with van der Waals surface area (Å²) >= 11 is 2.83. The molecule has 0 unspecified atom stereocenters. The highest BCUT2D eigenvalue weighted by Crippen LogP contribution is 2.34. The van der Waals surface area contributed by atoms with Crippen molar-refractivity contribution in [1.82, 2.24) is 15.2 Å². The van der Waals surface area contributed by atoms with Gasteiger partial charge in [-0.2, -0.15) is 0 Å². The van der Waals surface area contributed by atoms with Gasteiger partial charge in [0, 0.05) is 11.1 Å². The molecule has 0 bridgehead atoms. The van der Waals surface area contributed by atoms with Crippen molar-refractivity contribution in [2.75, 3.05) is 12.9 Å². The first-order valence-electron chi connectivity index (χ1n) is 9.41. The summed E-state index contributed by atoms with van der Waals surface area (Å²) in [7, 11) is 1.59. The summed E-state index contributed by atoms with van der Waals surface area (Å²) < 4.78 is 18.3. The molecule has 156 valence electrons. The second-order valence-electron chi connectivity index (χ2n) is 6.64. The SMILES string of the molecule is COc1ccc(C(=O)CSc2ccc(-c3sc(-c4ccc(F)cc4)nc3C)nn2)cc1. The predicted octanol–water partition coefficient (Wildman–Crippen LogP) is 5.70. The lowest BCUT2D eigenvalue weighted by atomic mass is 10.1. The van der Waals surface area contributed by atoms with E-state index in [4.69, 9.17) is 4.74 Å². The Labute approximate surface area is 187 Å². The van der Waals surface area contributed by atoms with E-state index in [-0.39, 0.29) is 17.4 Å². The summed E-state index contributed by atoms with van der Waals surface area (Å²) in [6.07, 6.45) is 0. The van der Waals surface area contributed by atoms with Crippen LogP contribution in [0.3, 0.4) is 0 Å². The van der Waals surface area contributed by atoms with Crippen LogP contribution in [-0.4, -0.2) is 33.8 Å². The molecule has 5 nitrogen and oxygen atoms in total.